The van der Waals surface area contributed by atoms with Crippen LogP contribution in [0.4, 0.5) is 5.69 Å². The van der Waals surface area contributed by atoms with Crippen LogP contribution in [0.15, 0.2) is 115 Å². The van der Waals surface area contributed by atoms with Crippen LogP contribution in [0.25, 0.3) is 10.8 Å². The average molecular weight is 486 g/mol. The summed E-state index contributed by atoms with van der Waals surface area (Å²) in [6.07, 6.45) is 0.786. The Morgan fingerprint density at radius 3 is 2.05 bits per heavy atom. The molecule has 5 aromatic carbocycles. The Morgan fingerprint density at radius 1 is 0.568 bits per heavy atom. The maximum atomic E-state index is 13.2. The number of carbonyl (C=O) groups is 2. The summed E-state index contributed by atoms with van der Waals surface area (Å²) >= 11 is 0. The van der Waals surface area contributed by atoms with Crippen molar-refractivity contribution in [2.24, 2.45) is 0 Å². The van der Waals surface area contributed by atoms with E-state index in [4.69, 9.17) is 9.78 Å². The molecule has 0 fully saturated rings. The van der Waals surface area contributed by atoms with E-state index in [0.29, 0.717) is 22.6 Å². The molecule has 180 valence electrons. The number of amides is 2. The van der Waals surface area contributed by atoms with Gasteiger partial charge in [-0.15, -0.1) is 0 Å². The second-order valence-electron chi connectivity index (χ2n) is 9.01. The minimum Gasteiger partial charge on any atom is -0.337 e. The Kier molecular flexibility index (Phi) is 5.97. The van der Waals surface area contributed by atoms with Crippen LogP contribution in [0.1, 0.15) is 37.4 Å². The molecule has 0 spiro atoms. The molecular formula is C32H23NO4. The third kappa shape index (κ3) is 4.60. The molecule has 5 aromatic rings. The molecule has 2 amide bonds. The van der Waals surface area contributed by atoms with Gasteiger partial charge >= 0.3 is 0 Å². The van der Waals surface area contributed by atoms with Gasteiger partial charge in [-0.25, -0.2) is 4.90 Å². The second kappa shape index (κ2) is 9.72. The summed E-state index contributed by atoms with van der Waals surface area (Å²) in [6.45, 7) is 0.135. The molecule has 0 N–H and O–H groups in total. The van der Waals surface area contributed by atoms with Crippen LogP contribution in [-0.2, 0) is 17.9 Å². The summed E-state index contributed by atoms with van der Waals surface area (Å²) in [5.74, 6) is -0.0724. The Balaban J connectivity index is 1.13. The van der Waals surface area contributed by atoms with Gasteiger partial charge in [-0.3, -0.25) is 9.59 Å². The lowest BCUT2D eigenvalue weighted by atomic mass is 10.0. The highest BCUT2D eigenvalue weighted by Gasteiger charge is 2.36. The molecule has 1 heterocycles. The van der Waals surface area contributed by atoms with E-state index in [1.165, 1.54) is 10.5 Å². The smallest absolute Gasteiger partial charge is 0.266 e. The van der Waals surface area contributed by atoms with Crippen LogP contribution in [0, 0.1) is 0 Å². The molecule has 1 aliphatic heterocycles. The van der Waals surface area contributed by atoms with Gasteiger partial charge in [-0.05, 0) is 70.3 Å². The summed E-state index contributed by atoms with van der Waals surface area (Å²) in [4.78, 5) is 38.4. The van der Waals surface area contributed by atoms with E-state index in [1.54, 1.807) is 18.2 Å². The molecule has 6 rings (SSSR count). The number of rotatable bonds is 7. The van der Waals surface area contributed by atoms with E-state index >= 15 is 0 Å². The first-order valence-corrected chi connectivity index (χ1v) is 12.1. The molecule has 0 aromatic heterocycles. The van der Waals surface area contributed by atoms with Crippen LogP contribution in [0.5, 0.6) is 5.75 Å². The molecule has 5 nitrogen and oxygen atoms in total. The van der Waals surface area contributed by atoms with Gasteiger partial charge in [0.1, 0.15) is 6.61 Å². The van der Waals surface area contributed by atoms with Gasteiger partial charge in [0.05, 0.1) is 16.8 Å². The first-order valence-electron chi connectivity index (χ1n) is 12.1. The minimum absolute atomic E-state index is 0.135. The van der Waals surface area contributed by atoms with Gasteiger partial charge in [0.2, 0.25) is 0 Å². The molecule has 1 aliphatic rings. The van der Waals surface area contributed by atoms with Crippen molar-refractivity contribution in [3.05, 3.63) is 143 Å². The standard InChI is InChI=1S/C32H23NO4/c34-31-29-17-12-24(21-36-37-28-16-13-25-8-4-5-9-26(25)20-28)19-30(29)32(35)33(31)27-14-10-23(11-15-27)18-22-6-2-1-3-7-22/h1-17,19-20H,18,21H2. The highest BCUT2D eigenvalue weighted by molar-refractivity contribution is 6.34. The molecule has 0 radical (unpaired) electrons. The topological polar surface area (TPSA) is 55.8 Å². The SMILES string of the molecule is O=C1c2ccc(COOc3ccc4ccccc4c3)cc2C(=O)N1c1ccc(Cc2ccccc2)cc1. The number of benzene rings is 5. The van der Waals surface area contributed by atoms with Crippen LogP contribution in [0.3, 0.4) is 0 Å². The maximum absolute atomic E-state index is 13.2. The van der Waals surface area contributed by atoms with Crippen molar-refractivity contribution in [1.29, 1.82) is 0 Å². The lowest BCUT2D eigenvalue weighted by Gasteiger charge is -2.14. The Hall–Kier alpha value is -4.74. The Labute approximate surface area is 214 Å². The van der Waals surface area contributed by atoms with Crippen molar-refractivity contribution in [3.8, 4) is 5.75 Å². The summed E-state index contributed by atoms with van der Waals surface area (Å²) in [6, 6.07) is 36.6. The molecule has 0 unspecified atom stereocenters. The number of fused-ring (bicyclic) bond motifs is 2. The quantitative estimate of drug-likeness (QED) is 0.146. The normalized spacial score (nSPS) is 12.7. The van der Waals surface area contributed by atoms with Gasteiger partial charge < -0.3 is 4.89 Å². The Morgan fingerprint density at radius 2 is 1.24 bits per heavy atom. The number of anilines is 1. The van der Waals surface area contributed by atoms with Gasteiger partial charge in [-0.2, -0.15) is 4.89 Å². The van der Waals surface area contributed by atoms with Gasteiger partial charge in [0.15, 0.2) is 5.75 Å². The van der Waals surface area contributed by atoms with Crippen molar-refractivity contribution in [1.82, 2.24) is 0 Å². The number of hydrogen-bond acceptors (Lipinski definition) is 4. The predicted octanol–water partition coefficient (Wildman–Crippen LogP) is 6.74. The molecule has 0 aliphatic carbocycles. The maximum Gasteiger partial charge on any atom is 0.266 e. The van der Waals surface area contributed by atoms with E-state index in [1.807, 2.05) is 84.9 Å². The molecule has 0 saturated heterocycles. The molecule has 0 bridgehead atoms. The molecule has 0 saturated carbocycles. The second-order valence-corrected chi connectivity index (χ2v) is 9.01. The van der Waals surface area contributed by atoms with Gasteiger partial charge in [0, 0.05) is 0 Å². The minimum atomic E-state index is -0.340. The summed E-state index contributed by atoms with van der Waals surface area (Å²) in [5.41, 5.74) is 4.36. The Bertz CT molecular complexity index is 1610. The fourth-order valence-electron chi connectivity index (χ4n) is 4.59. The van der Waals surface area contributed by atoms with Crippen LogP contribution in [0.2, 0.25) is 0 Å². The van der Waals surface area contributed by atoms with Crippen LogP contribution in [-0.4, -0.2) is 11.8 Å². The van der Waals surface area contributed by atoms with Crippen molar-refractivity contribution in [3.63, 3.8) is 0 Å². The monoisotopic (exact) mass is 485 g/mol. The van der Waals surface area contributed by atoms with Gasteiger partial charge in [-0.1, -0.05) is 78.9 Å². The van der Waals surface area contributed by atoms with E-state index in [2.05, 4.69) is 12.1 Å². The van der Waals surface area contributed by atoms with E-state index < -0.39 is 0 Å². The fraction of sp³-hybridized carbons (Fsp3) is 0.0625. The molecule has 0 atom stereocenters. The highest BCUT2D eigenvalue weighted by atomic mass is 17.2. The number of hydrogen-bond donors (Lipinski definition) is 0. The van der Waals surface area contributed by atoms with Crippen LogP contribution >= 0.6 is 0 Å². The predicted molar refractivity (Wildman–Crippen MR) is 143 cm³/mol. The summed E-state index contributed by atoms with van der Waals surface area (Å²) in [5, 5.41) is 2.17. The summed E-state index contributed by atoms with van der Waals surface area (Å²) in [7, 11) is 0. The lowest BCUT2D eigenvalue weighted by molar-refractivity contribution is -0.217. The number of imide groups is 1. The zero-order valence-electron chi connectivity index (χ0n) is 20.0. The number of nitrogens with zero attached hydrogens (tertiary/aromatic N) is 1. The summed E-state index contributed by atoms with van der Waals surface area (Å²) < 4.78 is 0. The highest BCUT2D eigenvalue weighted by Crippen LogP contribution is 2.30. The zero-order valence-corrected chi connectivity index (χ0v) is 20.0. The lowest BCUT2D eigenvalue weighted by Crippen LogP contribution is -2.29. The van der Waals surface area contributed by atoms with Crippen molar-refractivity contribution < 1.29 is 19.4 Å². The van der Waals surface area contributed by atoms with Crippen LogP contribution < -0.4 is 9.79 Å². The van der Waals surface area contributed by atoms with E-state index in [0.717, 1.165) is 28.3 Å². The molecule has 5 heteroatoms. The zero-order chi connectivity index (χ0) is 25.2. The van der Waals surface area contributed by atoms with Crippen molar-refractivity contribution >= 4 is 28.3 Å². The number of carbonyl (C=O) groups excluding carboxylic acids is 2. The third-order valence-corrected chi connectivity index (χ3v) is 6.50. The first-order chi connectivity index (χ1) is 18.2. The third-order valence-electron chi connectivity index (χ3n) is 6.50. The largest absolute Gasteiger partial charge is 0.337 e. The molecule has 37 heavy (non-hydrogen) atoms. The van der Waals surface area contributed by atoms with Gasteiger partial charge in [0.25, 0.3) is 11.8 Å². The van der Waals surface area contributed by atoms with Crippen molar-refractivity contribution in [2.45, 2.75) is 13.0 Å². The van der Waals surface area contributed by atoms with E-state index in [-0.39, 0.29) is 18.4 Å². The average Bonchev–Trinajstić information content (AvgIpc) is 3.18. The fourth-order valence-corrected chi connectivity index (χ4v) is 4.59. The first kappa shape index (κ1) is 22.7. The van der Waals surface area contributed by atoms with E-state index in [9.17, 15) is 9.59 Å². The molecular weight excluding hydrogens is 462 g/mol. The van der Waals surface area contributed by atoms with Crippen molar-refractivity contribution in [2.75, 3.05) is 4.90 Å².